The van der Waals surface area contributed by atoms with Crippen LogP contribution in [0.1, 0.15) is 25.0 Å². The lowest BCUT2D eigenvalue weighted by atomic mass is 9.82. The predicted molar refractivity (Wildman–Crippen MR) is 229 cm³/mol. The number of rotatable bonds is 5. The number of hydrogen-bond acceptors (Lipinski definition) is 5. The fraction of sp³-hybridized carbons (Fsp3) is 0.0577. The maximum absolute atomic E-state index is 6.57. The second-order valence-corrected chi connectivity index (χ2v) is 15.2. The minimum absolute atomic E-state index is 0.129. The third-order valence-corrected chi connectivity index (χ3v) is 11.4. The zero-order valence-corrected chi connectivity index (χ0v) is 31.4. The highest BCUT2D eigenvalue weighted by Gasteiger charge is 2.37. The van der Waals surface area contributed by atoms with Crippen LogP contribution in [0.15, 0.2) is 176 Å². The molecule has 5 heteroatoms. The average molecular weight is 734 g/mol. The summed E-state index contributed by atoms with van der Waals surface area (Å²) in [5, 5.41) is 2.24. The molecule has 0 N–H and O–H groups in total. The average Bonchev–Trinajstić information content (AvgIpc) is 3.49. The van der Waals surface area contributed by atoms with Crippen molar-refractivity contribution in [3.8, 4) is 90.5 Å². The van der Waals surface area contributed by atoms with Gasteiger partial charge in [0, 0.05) is 22.1 Å². The number of nitrogens with zero attached hydrogens (tertiary/aromatic N) is 3. The molecule has 11 rings (SSSR count). The van der Waals surface area contributed by atoms with E-state index in [2.05, 4.69) is 147 Å². The van der Waals surface area contributed by atoms with Gasteiger partial charge in [0.25, 0.3) is 0 Å². The van der Waals surface area contributed by atoms with Gasteiger partial charge in [-0.3, -0.25) is 0 Å². The Morgan fingerprint density at radius 3 is 1.61 bits per heavy atom. The fourth-order valence-electron chi connectivity index (χ4n) is 8.47. The van der Waals surface area contributed by atoms with E-state index >= 15 is 0 Å². The molecule has 0 saturated heterocycles. The molecule has 1 aliphatic carbocycles. The highest BCUT2D eigenvalue weighted by molar-refractivity contribution is 6.04. The fourth-order valence-corrected chi connectivity index (χ4v) is 8.47. The van der Waals surface area contributed by atoms with Crippen LogP contribution in [0, 0.1) is 0 Å². The first-order chi connectivity index (χ1) is 28.0. The van der Waals surface area contributed by atoms with E-state index in [0.29, 0.717) is 29.0 Å². The molecular formula is C52H35N3O2. The third-order valence-electron chi connectivity index (χ3n) is 11.4. The highest BCUT2D eigenvalue weighted by Crippen LogP contribution is 2.55. The molecule has 0 atom stereocenters. The van der Waals surface area contributed by atoms with Crippen molar-refractivity contribution < 1.29 is 9.47 Å². The van der Waals surface area contributed by atoms with Crippen LogP contribution in [0.5, 0.6) is 23.0 Å². The Morgan fingerprint density at radius 1 is 0.333 bits per heavy atom. The third kappa shape index (κ3) is 5.50. The van der Waals surface area contributed by atoms with Gasteiger partial charge in [0.05, 0.1) is 0 Å². The summed E-state index contributed by atoms with van der Waals surface area (Å²) in [5.74, 6) is 4.72. The van der Waals surface area contributed by atoms with Crippen LogP contribution in [0.25, 0.3) is 78.3 Å². The van der Waals surface area contributed by atoms with E-state index in [0.717, 1.165) is 50.1 Å². The molecule has 0 radical (unpaired) electrons. The molecule has 9 aromatic rings. The van der Waals surface area contributed by atoms with Gasteiger partial charge in [-0.1, -0.05) is 159 Å². The van der Waals surface area contributed by atoms with Gasteiger partial charge in [-0.05, 0) is 85.6 Å². The largest absolute Gasteiger partial charge is 0.449 e. The molecule has 2 aliphatic rings. The monoisotopic (exact) mass is 733 g/mol. The van der Waals surface area contributed by atoms with Crippen LogP contribution in [0.2, 0.25) is 0 Å². The topological polar surface area (TPSA) is 57.1 Å². The van der Waals surface area contributed by atoms with Gasteiger partial charge < -0.3 is 9.47 Å². The second-order valence-electron chi connectivity index (χ2n) is 15.2. The van der Waals surface area contributed by atoms with Crippen molar-refractivity contribution in [2.24, 2.45) is 0 Å². The van der Waals surface area contributed by atoms with Crippen LogP contribution >= 0.6 is 0 Å². The van der Waals surface area contributed by atoms with Crippen LogP contribution < -0.4 is 9.47 Å². The Kier molecular flexibility index (Phi) is 7.45. The van der Waals surface area contributed by atoms with Gasteiger partial charge in [0.2, 0.25) is 0 Å². The van der Waals surface area contributed by atoms with Crippen LogP contribution in [-0.4, -0.2) is 15.0 Å². The lowest BCUT2D eigenvalue weighted by molar-refractivity contribution is 0.359. The molecule has 270 valence electrons. The zero-order chi connectivity index (χ0) is 38.1. The smallest absolute Gasteiger partial charge is 0.170 e. The first-order valence-corrected chi connectivity index (χ1v) is 19.3. The van der Waals surface area contributed by atoms with Gasteiger partial charge in [0.15, 0.2) is 40.5 Å². The van der Waals surface area contributed by atoms with Crippen molar-refractivity contribution in [2.75, 3.05) is 0 Å². The summed E-state index contributed by atoms with van der Waals surface area (Å²) < 4.78 is 13.0. The normalized spacial score (nSPS) is 13.2. The molecule has 8 aromatic carbocycles. The van der Waals surface area contributed by atoms with Crippen LogP contribution in [0.4, 0.5) is 0 Å². The zero-order valence-electron chi connectivity index (χ0n) is 31.4. The maximum atomic E-state index is 6.57. The van der Waals surface area contributed by atoms with Crippen molar-refractivity contribution in [3.05, 3.63) is 187 Å². The summed E-state index contributed by atoms with van der Waals surface area (Å²) in [6.07, 6.45) is 0. The number of benzene rings is 8. The maximum Gasteiger partial charge on any atom is 0.170 e. The second kappa shape index (κ2) is 12.9. The van der Waals surface area contributed by atoms with Crippen molar-refractivity contribution in [2.45, 2.75) is 19.3 Å². The summed E-state index contributed by atoms with van der Waals surface area (Å²) in [7, 11) is 0. The molecule has 0 bridgehead atoms. The molecule has 0 spiro atoms. The Labute approximate surface area is 330 Å². The quantitative estimate of drug-likeness (QED) is 0.176. The van der Waals surface area contributed by atoms with E-state index < -0.39 is 0 Å². The lowest BCUT2D eigenvalue weighted by Crippen LogP contribution is -2.15. The molecule has 57 heavy (non-hydrogen) atoms. The summed E-state index contributed by atoms with van der Waals surface area (Å²) in [6, 6.07) is 60.8. The molecule has 0 fully saturated rings. The minimum Gasteiger partial charge on any atom is -0.449 e. The summed E-state index contributed by atoms with van der Waals surface area (Å²) in [6.45, 7) is 4.55. The van der Waals surface area contributed by atoms with Crippen LogP contribution in [0.3, 0.4) is 0 Å². The van der Waals surface area contributed by atoms with Gasteiger partial charge in [-0.2, -0.15) is 0 Å². The molecule has 0 saturated carbocycles. The highest BCUT2D eigenvalue weighted by atomic mass is 16.6. The van der Waals surface area contributed by atoms with Crippen molar-refractivity contribution in [3.63, 3.8) is 0 Å². The first kappa shape index (κ1) is 33.0. The standard InChI is InChI=1S/C52H35N3O2/c1-52(2)43-20-12-11-19-40(43)42-30-47-48(31-44(42)52)57-46-29-36(25-28-45(46)56-47)32-21-23-35(24-22-32)50-53-49(34-15-7-4-8-16-34)54-51(55-50)41-27-26-37(33-13-5-3-6-14-33)38-17-9-10-18-39(38)41/h3-31H,1-2H3. The Hall–Kier alpha value is -7.37. The SMILES string of the molecule is CC1(C)c2ccccc2-c2cc3c(cc21)Oc1cc(-c2ccc(-c4nc(-c5ccccc5)nc(-c5ccc(-c6ccccc6)c6ccccc56)n4)cc2)ccc1O3. The van der Waals surface area contributed by atoms with Crippen molar-refractivity contribution in [1.82, 2.24) is 15.0 Å². The molecule has 2 heterocycles. The number of aromatic nitrogens is 3. The Morgan fingerprint density at radius 2 is 0.860 bits per heavy atom. The molecule has 5 nitrogen and oxygen atoms in total. The molecule has 0 unspecified atom stereocenters. The van der Waals surface area contributed by atoms with E-state index in [-0.39, 0.29) is 5.41 Å². The summed E-state index contributed by atoms with van der Waals surface area (Å²) in [5.41, 5.74) is 12.1. The minimum atomic E-state index is -0.129. The van der Waals surface area contributed by atoms with E-state index in [1.165, 1.54) is 33.4 Å². The Bertz CT molecular complexity index is 3030. The predicted octanol–water partition coefficient (Wildman–Crippen LogP) is 13.6. The van der Waals surface area contributed by atoms with E-state index in [9.17, 15) is 0 Å². The first-order valence-electron chi connectivity index (χ1n) is 19.3. The number of ether oxygens (including phenoxy) is 2. The van der Waals surface area contributed by atoms with Gasteiger partial charge in [-0.25, -0.2) is 15.0 Å². The van der Waals surface area contributed by atoms with E-state index in [1.807, 2.05) is 42.5 Å². The summed E-state index contributed by atoms with van der Waals surface area (Å²) in [4.78, 5) is 15.2. The van der Waals surface area contributed by atoms with E-state index in [4.69, 9.17) is 24.4 Å². The van der Waals surface area contributed by atoms with Gasteiger partial charge in [-0.15, -0.1) is 0 Å². The molecular weight excluding hydrogens is 699 g/mol. The molecule has 0 amide bonds. The van der Waals surface area contributed by atoms with Crippen molar-refractivity contribution in [1.29, 1.82) is 0 Å². The summed E-state index contributed by atoms with van der Waals surface area (Å²) >= 11 is 0. The Balaban J connectivity index is 0.942. The molecule has 1 aromatic heterocycles. The number of fused-ring (bicyclic) bond motifs is 6. The molecule has 1 aliphatic heterocycles. The van der Waals surface area contributed by atoms with Gasteiger partial charge in [0.1, 0.15) is 0 Å². The van der Waals surface area contributed by atoms with E-state index in [1.54, 1.807) is 0 Å². The lowest BCUT2D eigenvalue weighted by Gasteiger charge is -2.25. The van der Waals surface area contributed by atoms with Gasteiger partial charge >= 0.3 is 0 Å². The van der Waals surface area contributed by atoms with Crippen LogP contribution in [-0.2, 0) is 5.41 Å². The van der Waals surface area contributed by atoms with Crippen molar-refractivity contribution >= 4 is 10.8 Å². The number of hydrogen-bond donors (Lipinski definition) is 0.